The molecular weight excluding hydrogens is 354 g/mol. The molecule has 0 saturated carbocycles. The van der Waals surface area contributed by atoms with Crippen LogP contribution in [-0.2, 0) is 0 Å². The smallest absolute Gasteiger partial charge is 0.113 e. The highest BCUT2D eigenvalue weighted by Gasteiger charge is 2.41. The van der Waals surface area contributed by atoms with Crippen LogP contribution >= 0.6 is 0 Å². The lowest BCUT2D eigenvalue weighted by Crippen LogP contribution is -2.27. The number of hydrogen-bond acceptors (Lipinski definition) is 2. The molecule has 1 heterocycles. The fraction of sp³-hybridized carbons (Fsp3) is 0.0769. The molecule has 1 aromatic heterocycles. The summed E-state index contributed by atoms with van der Waals surface area (Å²) in [5.74, 6) is 0.541. The van der Waals surface area contributed by atoms with Gasteiger partial charge >= 0.3 is 0 Å². The number of para-hydroxylation sites is 1. The van der Waals surface area contributed by atoms with Gasteiger partial charge in [-0.25, -0.2) is 4.68 Å². The van der Waals surface area contributed by atoms with E-state index in [9.17, 15) is 0 Å². The van der Waals surface area contributed by atoms with E-state index in [1.54, 1.807) is 0 Å². The molecule has 0 N–H and O–H groups in total. The standard InChI is InChI=1S/C26H17N3/c1-2-8-16(9-3-1)29-24-15-22-21(14-23(24)27-28-29)25-17-10-4-6-12-19(17)26(22)20-13-7-5-11-18(20)25/h1-15,25-26H. The van der Waals surface area contributed by atoms with Gasteiger partial charge in [-0.3, -0.25) is 0 Å². The quantitative estimate of drug-likeness (QED) is 0.386. The fourth-order valence-electron chi connectivity index (χ4n) is 5.34. The monoisotopic (exact) mass is 371 g/mol. The highest BCUT2D eigenvalue weighted by molar-refractivity contribution is 5.82. The van der Waals surface area contributed by atoms with E-state index in [4.69, 9.17) is 0 Å². The van der Waals surface area contributed by atoms with Gasteiger partial charge in [0.1, 0.15) is 5.52 Å². The Labute approximate surface area is 168 Å². The Hall–Kier alpha value is -3.72. The minimum absolute atomic E-state index is 0.269. The van der Waals surface area contributed by atoms with Crippen LogP contribution in [0.3, 0.4) is 0 Å². The maximum atomic E-state index is 4.51. The summed E-state index contributed by atoms with van der Waals surface area (Å²) >= 11 is 0. The van der Waals surface area contributed by atoms with Gasteiger partial charge in [-0.15, -0.1) is 5.10 Å². The van der Waals surface area contributed by atoms with Crippen molar-refractivity contribution in [3.05, 3.63) is 124 Å². The van der Waals surface area contributed by atoms with Crippen LogP contribution in [0, 0.1) is 0 Å². The van der Waals surface area contributed by atoms with Crippen LogP contribution in [-0.4, -0.2) is 15.0 Å². The van der Waals surface area contributed by atoms with E-state index in [1.807, 2.05) is 22.9 Å². The maximum Gasteiger partial charge on any atom is 0.113 e. The summed E-state index contributed by atoms with van der Waals surface area (Å²) in [6, 6.07) is 32.6. The third-order valence-corrected chi connectivity index (χ3v) is 6.51. The average molecular weight is 371 g/mol. The lowest BCUT2D eigenvalue weighted by molar-refractivity contribution is 0.755. The molecule has 0 aliphatic heterocycles. The summed E-state index contributed by atoms with van der Waals surface area (Å²) in [6.07, 6.45) is 0. The minimum Gasteiger partial charge on any atom is -0.213 e. The summed E-state index contributed by atoms with van der Waals surface area (Å²) in [6.45, 7) is 0. The molecule has 29 heavy (non-hydrogen) atoms. The highest BCUT2D eigenvalue weighted by atomic mass is 15.4. The number of aromatic nitrogens is 3. The Morgan fingerprint density at radius 2 is 1.07 bits per heavy atom. The summed E-state index contributed by atoms with van der Waals surface area (Å²) in [5, 5.41) is 8.98. The molecule has 8 rings (SSSR count). The van der Waals surface area contributed by atoms with Gasteiger partial charge in [-0.1, -0.05) is 71.9 Å². The molecule has 136 valence electrons. The third-order valence-electron chi connectivity index (χ3n) is 6.51. The summed E-state index contributed by atoms with van der Waals surface area (Å²) in [4.78, 5) is 0. The lowest BCUT2D eigenvalue weighted by Gasteiger charge is -2.42. The molecular formula is C26H17N3. The molecule has 0 fully saturated rings. The van der Waals surface area contributed by atoms with Gasteiger partial charge in [0.15, 0.2) is 0 Å². The van der Waals surface area contributed by atoms with E-state index in [0.29, 0.717) is 0 Å². The van der Waals surface area contributed by atoms with Gasteiger partial charge in [-0.2, -0.15) is 0 Å². The molecule has 0 atom stereocenters. The number of hydrogen-bond donors (Lipinski definition) is 0. The van der Waals surface area contributed by atoms with Gasteiger partial charge in [0.05, 0.1) is 11.2 Å². The van der Waals surface area contributed by atoms with Crippen LogP contribution in [0.1, 0.15) is 45.2 Å². The van der Waals surface area contributed by atoms with Gasteiger partial charge in [0.25, 0.3) is 0 Å². The van der Waals surface area contributed by atoms with E-state index in [2.05, 4.69) is 83.1 Å². The highest BCUT2D eigenvalue weighted by Crippen LogP contribution is 2.56. The van der Waals surface area contributed by atoms with Crippen LogP contribution in [0.5, 0.6) is 0 Å². The van der Waals surface area contributed by atoms with Gasteiger partial charge in [0, 0.05) is 11.8 Å². The van der Waals surface area contributed by atoms with Crippen molar-refractivity contribution >= 4 is 11.0 Å². The van der Waals surface area contributed by atoms with Crippen LogP contribution < -0.4 is 0 Å². The van der Waals surface area contributed by atoms with Crippen molar-refractivity contribution < 1.29 is 0 Å². The van der Waals surface area contributed by atoms with Crippen molar-refractivity contribution in [2.24, 2.45) is 0 Å². The Morgan fingerprint density at radius 3 is 1.66 bits per heavy atom. The largest absolute Gasteiger partial charge is 0.213 e. The van der Waals surface area contributed by atoms with E-state index in [0.717, 1.165) is 16.7 Å². The second-order valence-corrected chi connectivity index (χ2v) is 7.93. The molecule has 0 radical (unpaired) electrons. The van der Waals surface area contributed by atoms with E-state index < -0.39 is 0 Å². The molecule has 5 aromatic rings. The fourth-order valence-corrected chi connectivity index (χ4v) is 5.34. The summed E-state index contributed by atoms with van der Waals surface area (Å²) in [7, 11) is 0. The molecule has 0 unspecified atom stereocenters. The molecule has 2 bridgehead atoms. The average Bonchev–Trinajstić information content (AvgIpc) is 3.21. The van der Waals surface area contributed by atoms with Crippen molar-refractivity contribution in [1.29, 1.82) is 0 Å². The lowest BCUT2D eigenvalue weighted by atomic mass is 9.61. The zero-order valence-corrected chi connectivity index (χ0v) is 15.7. The minimum atomic E-state index is 0.269. The van der Waals surface area contributed by atoms with E-state index in [1.165, 1.54) is 33.4 Å². The SMILES string of the molecule is c1ccc(-n2nnc3cc4c(cc32)C2c3ccccc3C4c3ccccc32)cc1. The van der Waals surface area contributed by atoms with Crippen molar-refractivity contribution in [3.63, 3.8) is 0 Å². The molecule has 0 spiro atoms. The van der Waals surface area contributed by atoms with E-state index >= 15 is 0 Å². The van der Waals surface area contributed by atoms with Crippen LogP contribution in [0.4, 0.5) is 0 Å². The van der Waals surface area contributed by atoms with Gasteiger partial charge < -0.3 is 0 Å². The van der Waals surface area contributed by atoms with Gasteiger partial charge in [-0.05, 0) is 57.6 Å². The Kier molecular flexibility index (Phi) is 2.85. The normalized spacial score (nSPS) is 18.3. The number of nitrogens with zero attached hydrogens (tertiary/aromatic N) is 3. The summed E-state index contributed by atoms with van der Waals surface area (Å²) in [5.41, 5.74) is 11.5. The second kappa shape index (κ2) is 5.42. The zero-order chi connectivity index (χ0) is 18.9. The molecule has 0 amide bonds. The molecule has 0 saturated heterocycles. The Morgan fingerprint density at radius 1 is 0.552 bits per heavy atom. The molecule has 4 aromatic carbocycles. The second-order valence-electron chi connectivity index (χ2n) is 7.93. The van der Waals surface area contributed by atoms with Crippen molar-refractivity contribution in [2.75, 3.05) is 0 Å². The first-order chi connectivity index (χ1) is 14.4. The van der Waals surface area contributed by atoms with Crippen LogP contribution in [0.25, 0.3) is 16.7 Å². The van der Waals surface area contributed by atoms with E-state index in [-0.39, 0.29) is 11.8 Å². The first-order valence-corrected chi connectivity index (χ1v) is 10.0. The number of rotatable bonds is 1. The van der Waals surface area contributed by atoms with Crippen LogP contribution in [0.15, 0.2) is 91.0 Å². The predicted molar refractivity (Wildman–Crippen MR) is 114 cm³/mol. The van der Waals surface area contributed by atoms with Crippen molar-refractivity contribution in [2.45, 2.75) is 11.8 Å². The van der Waals surface area contributed by atoms with Crippen molar-refractivity contribution in [1.82, 2.24) is 15.0 Å². The first-order valence-electron chi connectivity index (χ1n) is 10.0. The number of benzene rings is 4. The topological polar surface area (TPSA) is 30.7 Å². The predicted octanol–water partition coefficient (Wildman–Crippen LogP) is 5.41. The number of fused-ring (bicyclic) bond motifs is 1. The zero-order valence-electron chi connectivity index (χ0n) is 15.7. The molecule has 3 heteroatoms. The maximum absolute atomic E-state index is 4.51. The Bertz CT molecular complexity index is 1370. The first kappa shape index (κ1) is 15.2. The summed E-state index contributed by atoms with van der Waals surface area (Å²) < 4.78 is 1.95. The Balaban J connectivity index is 1.54. The molecule has 3 nitrogen and oxygen atoms in total. The molecule has 3 aliphatic rings. The van der Waals surface area contributed by atoms with Crippen LogP contribution in [0.2, 0.25) is 0 Å². The van der Waals surface area contributed by atoms with Gasteiger partial charge in [0.2, 0.25) is 0 Å². The van der Waals surface area contributed by atoms with Crippen molar-refractivity contribution in [3.8, 4) is 5.69 Å². The third kappa shape index (κ3) is 1.92. The molecule has 3 aliphatic carbocycles.